The Morgan fingerprint density at radius 1 is 0.404 bits per heavy atom. The molecule has 7 aromatic rings. The molecule has 12 nitrogen and oxygen atoms in total. The lowest BCUT2D eigenvalue weighted by Crippen LogP contribution is -2.13. The molecule has 3 aromatic heterocycles. The summed E-state index contributed by atoms with van der Waals surface area (Å²) in [4.78, 5) is 0. The lowest BCUT2D eigenvalue weighted by Gasteiger charge is -2.15. The van der Waals surface area contributed by atoms with Gasteiger partial charge in [0.15, 0.2) is 0 Å². The van der Waals surface area contributed by atoms with Crippen LogP contribution in [0.1, 0.15) is 33.4 Å². The van der Waals surface area contributed by atoms with Crippen molar-refractivity contribution in [3.63, 3.8) is 0 Å². The predicted molar refractivity (Wildman–Crippen MR) is 232 cm³/mol. The molecule has 3 aliphatic heterocycles. The van der Waals surface area contributed by atoms with Crippen molar-refractivity contribution in [2.24, 2.45) is 15.3 Å². The maximum atomic E-state index is 4.96. The monoisotopic (exact) mass is 858 g/mol. The Kier molecular flexibility index (Phi) is 10.8. The van der Waals surface area contributed by atoms with Crippen LogP contribution in [0.4, 0.5) is 0 Å². The van der Waals surface area contributed by atoms with Crippen LogP contribution < -0.4 is 0 Å². The summed E-state index contributed by atoms with van der Waals surface area (Å²) in [6.07, 6.45) is 0. The predicted octanol–water partition coefficient (Wildman–Crippen LogP) is 8.41. The zero-order chi connectivity index (χ0) is 38.0. The van der Waals surface area contributed by atoms with Crippen LogP contribution in [0.5, 0.6) is 0 Å². The van der Waals surface area contributed by atoms with Crippen LogP contribution in [0.15, 0.2) is 155 Å². The van der Waals surface area contributed by atoms with E-state index >= 15 is 0 Å². The van der Waals surface area contributed by atoms with Crippen molar-refractivity contribution < 1.29 is 0 Å². The summed E-state index contributed by atoms with van der Waals surface area (Å²) in [5.74, 6) is 4.35. The number of thioether (sulfide) groups is 6. The van der Waals surface area contributed by atoms with Gasteiger partial charge < -0.3 is 0 Å². The van der Waals surface area contributed by atoms with Gasteiger partial charge >= 0.3 is 0 Å². The van der Waals surface area contributed by atoms with Gasteiger partial charge in [-0.15, -0.1) is 30.6 Å². The molecule has 0 N–H and O–H groups in total. The van der Waals surface area contributed by atoms with Gasteiger partial charge in [-0.25, -0.2) is 0 Å². The van der Waals surface area contributed by atoms with Crippen LogP contribution in [-0.2, 0) is 17.3 Å². The van der Waals surface area contributed by atoms with E-state index in [-0.39, 0.29) is 0 Å². The smallest absolute Gasteiger partial charge is 0.181 e. The highest BCUT2D eigenvalue weighted by molar-refractivity contribution is 8.01. The summed E-state index contributed by atoms with van der Waals surface area (Å²) in [5, 5.41) is 46.6. The molecule has 282 valence electrons. The number of hydrogen-bond acceptors (Lipinski definition) is 15. The Bertz CT molecular complexity index is 2350. The normalized spacial score (nSPS) is 14.6. The van der Waals surface area contributed by atoms with Crippen molar-refractivity contribution >= 4 is 87.7 Å². The van der Waals surface area contributed by atoms with Crippen molar-refractivity contribution in [1.82, 2.24) is 44.6 Å². The second-order valence-electron chi connectivity index (χ2n) is 12.9. The third-order valence-electron chi connectivity index (χ3n) is 8.96. The number of rotatable bonds is 12. The summed E-state index contributed by atoms with van der Waals surface area (Å²) in [6.45, 7) is 0. The van der Waals surface area contributed by atoms with Crippen LogP contribution in [0.25, 0.3) is 0 Å². The molecular formula is C39H30N12S6. The first-order valence-electron chi connectivity index (χ1n) is 17.8. The lowest BCUT2D eigenvalue weighted by atomic mass is 10.1. The minimum Gasteiger partial charge on any atom is -0.181 e. The Balaban J connectivity index is 0.909. The van der Waals surface area contributed by atoms with E-state index in [9.17, 15) is 0 Å². The third kappa shape index (κ3) is 8.11. The summed E-state index contributed by atoms with van der Waals surface area (Å²) < 4.78 is 5.64. The Morgan fingerprint density at radius 2 is 0.702 bits per heavy atom. The standard InChI is InChI=1S/C39H30N12S6/c1-4-10-28(11-5-1)31-22-55-37-43-40-34(49(37)46-31)52-19-25-16-26(20-53-35-41-44-38-50(35)47-32(23-56-38)29-12-6-2-7-13-29)18-27(17-25)21-54-36-42-45-39-51(36)48-33(24-57-39)30-14-8-3-9-15-30/h1-18H,19-24H2. The minimum atomic E-state index is 0.693. The van der Waals surface area contributed by atoms with Crippen LogP contribution in [0.2, 0.25) is 0 Å². The maximum Gasteiger partial charge on any atom is 0.213 e. The molecule has 0 spiro atoms. The molecule has 18 heteroatoms. The van der Waals surface area contributed by atoms with E-state index in [1.54, 1.807) is 70.6 Å². The molecule has 0 bridgehead atoms. The van der Waals surface area contributed by atoms with E-state index in [0.717, 1.165) is 82.0 Å². The van der Waals surface area contributed by atoms with Gasteiger partial charge in [-0.1, -0.05) is 180 Å². The molecule has 0 fully saturated rings. The molecule has 0 aliphatic carbocycles. The Hall–Kier alpha value is -4.59. The van der Waals surface area contributed by atoms with Crippen molar-refractivity contribution in [2.75, 3.05) is 17.3 Å². The number of benzene rings is 4. The van der Waals surface area contributed by atoms with Crippen LogP contribution in [0.3, 0.4) is 0 Å². The number of aromatic nitrogens is 9. The Morgan fingerprint density at radius 3 is 1.00 bits per heavy atom. The summed E-state index contributed by atoms with van der Waals surface area (Å²) in [6, 6.07) is 37.7. The minimum absolute atomic E-state index is 0.693. The molecular weight excluding hydrogens is 829 g/mol. The van der Waals surface area contributed by atoms with Gasteiger partial charge in [-0.3, -0.25) is 0 Å². The SMILES string of the molecule is c1ccc(C2=Nn3c(nnc3SCc3cc(CSc4nnc5n4N=C(c4ccccc4)CS5)cc(CSc4nnc5n4N=C(c4ccccc4)CS5)c3)SC2)cc1. The molecule has 3 aliphatic rings. The first-order chi connectivity index (χ1) is 28.2. The van der Waals surface area contributed by atoms with E-state index in [1.807, 2.05) is 68.6 Å². The molecule has 57 heavy (non-hydrogen) atoms. The van der Waals surface area contributed by atoms with Gasteiger partial charge in [0.1, 0.15) is 0 Å². The van der Waals surface area contributed by atoms with E-state index in [4.69, 9.17) is 15.3 Å². The topological polar surface area (TPSA) is 129 Å². The first-order valence-corrected chi connectivity index (χ1v) is 23.8. The van der Waals surface area contributed by atoms with E-state index in [0.29, 0.717) is 17.3 Å². The number of hydrogen-bond donors (Lipinski definition) is 0. The fraction of sp³-hybridized carbons (Fsp3) is 0.154. The molecule has 10 rings (SSSR count). The van der Waals surface area contributed by atoms with Crippen molar-refractivity contribution in [1.29, 1.82) is 0 Å². The van der Waals surface area contributed by atoms with Crippen molar-refractivity contribution in [3.8, 4) is 0 Å². The summed E-state index contributed by atoms with van der Waals surface area (Å²) in [7, 11) is 0. The van der Waals surface area contributed by atoms with Gasteiger partial charge in [0.05, 0.1) is 17.1 Å². The van der Waals surface area contributed by atoms with Crippen LogP contribution in [-0.4, -0.2) is 79.0 Å². The third-order valence-corrected chi connectivity index (χ3v) is 14.7. The molecule has 6 heterocycles. The lowest BCUT2D eigenvalue weighted by molar-refractivity contribution is 0.693. The van der Waals surface area contributed by atoms with Gasteiger partial charge in [0.2, 0.25) is 30.9 Å². The fourth-order valence-corrected chi connectivity index (χ4v) is 11.4. The number of nitrogens with zero attached hydrogens (tertiary/aromatic N) is 12. The van der Waals surface area contributed by atoms with Crippen LogP contribution >= 0.6 is 70.6 Å². The highest BCUT2D eigenvalue weighted by Crippen LogP contribution is 2.35. The van der Waals surface area contributed by atoms with E-state index < -0.39 is 0 Å². The molecule has 0 saturated carbocycles. The van der Waals surface area contributed by atoms with Crippen molar-refractivity contribution in [3.05, 3.63) is 143 Å². The highest BCUT2D eigenvalue weighted by Gasteiger charge is 2.23. The zero-order valence-corrected chi connectivity index (χ0v) is 34.8. The van der Waals surface area contributed by atoms with E-state index in [1.165, 1.54) is 16.7 Å². The second kappa shape index (κ2) is 16.7. The highest BCUT2D eigenvalue weighted by atomic mass is 32.2. The molecule has 0 saturated heterocycles. The largest absolute Gasteiger partial charge is 0.213 e. The summed E-state index contributed by atoms with van der Waals surface area (Å²) >= 11 is 9.88. The molecule has 0 atom stereocenters. The first kappa shape index (κ1) is 36.7. The van der Waals surface area contributed by atoms with Gasteiger partial charge in [0.25, 0.3) is 0 Å². The Labute approximate surface area is 353 Å². The molecule has 0 radical (unpaired) electrons. The quantitative estimate of drug-likeness (QED) is 0.109. The maximum absolute atomic E-state index is 4.96. The zero-order valence-electron chi connectivity index (χ0n) is 30.0. The summed E-state index contributed by atoms with van der Waals surface area (Å²) in [5.41, 5.74) is 9.88. The van der Waals surface area contributed by atoms with Gasteiger partial charge in [-0.05, 0) is 33.4 Å². The molecule has 4 aromatic carbocycles. The average molecular weight is 859 g/mol. The second-order valence-corrected chi connectivity index (χ2v) is 18.5. The fourth-order valence-electron chi connectivity index (χ4n) is 6.25. The van der Waals surface area contributed by atoms with Gasteiger partial charge in [-0.2, -0.15) is 29.3 Å². The molecule has 0 unspecified atom stereocenters. The van der Waals surface area contributed by atoms with Gasteiger partial charge in [0, 0.05) is 34.5 Å². The average Bonchev–Trinajstić information content (AvgIpc) is 4.01. The van der Waals surface area contributed by atoms with E-state index in [2.05, 4.69) is 85.2 Å². The van der Waals surface area contributed by atoms with Crippen molar-refractivity contribution in [2.45, 2.75) is 48.2 Å². The number of fused-ring (bicyclic) bond motifs is 3. The van der Waals surface area contributed by atoms with Crippen LogP contribution in [0, 0.1) is 0 Å². The molecule has 0 amide bonds.